The van der Waals surface area contributed by atoms with Crippen molar-refractivity contribution in [2.45, 2.75) is 33.6 Å². The fourth-order valence-corrected chi connectivity index (χ4v) is 4.55. The summed E-state index contributed by atoms with van der Waals surface area (Å²) in [7, 11) is 0. The van der Waals surface area contributed by atoms with Gasteiger partial charge in [0.15, 0.2) is 5.17 Å². The first kappa shape index (κ1) is 21.1. The number of aliphatic imine (C=N–C) groups is 1. The molecule has 0 unspecified atom stereocenters. The maximum absolute atomic E-state index is 13.4. The Labute approximate surface area is 188 Å². The van der Waals surface area contributed by atoms with Gasteiger partial charge in [0.1, 0.15) is 0 Å². The minimum Gasteiger partial charge on any atom is -0.268 e. The Kier molecular flexibility index (Phi) is 6.10. The molecule has 3 nitrogen and oxygen atoms in total. The number of nitrogens with zero attached hydrogens (tertiary/aromatic N) is 2. The van der Waals surface area contributed by atoms with E-state index >= 15 is 0 Å². The molecule has 3 aromatic rings. The second kappa shape index (κ2) is 8.94. The van der Waals surface area contributed by atoms with Crippen LogP contribution in [-0.2, 0) is 4.79 Å². The van der Waals surface area contributed by atoms with Crippen LogP contribution in [0.25, 0.3) is 6.08 Å². The fourth-order valence-electron chi connectivity index (χ4n) is 3.56. The van der Waals surface area contributed by atoms with Gasteiger partial charge in [0.25, 0.3) is 5.91 Å². The third-order valence-corrected chi connectivity index (χ3v) is 6.34. The van der Waals surface area contributed by atoms with E-state index in [0.717, 1.165) is 28.1 Å². The monoisotopic (exact) mass is 426 g/mol. The van der Waals surface area contributed by atoms with Crippen molar-refractivity contribution in [2.75, 3.05) is 4.90 Å². The number of amides is 1. The normalized spacial score (nSPS) is 16.7. The third-order valence-electron chi connectivity index (χ3n) is 5.37. The Morgan fingerprint density at radius 3 is 2.13 bits per heavy atom. The van der Waals surface area contributed by atoms with Gasteiger partial charge in [-0.25, -0.2) is 4.99 Å². The zero-order valence-corrected chi connectivity index (χ0v) is 19.1. The van der Waals surface area contributed by atoms with E-state index in [1.165, 1.54) is 17.3 Å². The molecule has 0 aromatic heterocycles. The maximum atomic E-state index is 13.4. The number of para-hydroxylation sites is 2. The number of aryl methyl sites for hydroxylation is 2. The predicted molar refractivity (Wildman–Crippen MR) is 133 cm³/mol. The van der Waals surface area contributed by atoms with E-state index in [1.54, 1.807) is 4.90 Å². The van der Waals surface area contributed by atoms with Crippen LogP contribution in [0.5, 0.6) is 0 Å². The molecule has 0 atom stereocenters. The first-order valence-electron chi connectivity index (χ1n) is 10.5. The number of carbonyl (C=O) groups is 1. The Bertz CT molecular complexity index is 1140. The van der Waals surface area contributed by atoms with Crippen LogP contribution in [-0.4, -0.2) is 11.1 Å². The molecule has 0 saturated carbocycles. The van der Waals surface area contributed by atoms with Crippen molar-refractivity contribution in [2.24, 2.45) is 4.99 Å². The molecule has 1 amide bonds. The van der Waals surface area contributed by atoms with Crippen LogP contribution in [0.3, 0.4) is 0 Å². The number of amidine groups is 1. The van der Waals surface area contributed by atoms with Gasteiger partial charge in [-0.3, -0.25) is 9.69 Å². The maximum Gasteiger partial charge on any atom is 0.271 e. The van der Waals surface area contributed by atoms with E-state index in [4.69, 9.17) is 4.99 Å². The van der Waals surface area contributed by atoms with Crippen LogP contribution < -0.4 is 4.90 Å². The average Bonchev–Trinajstić information content (AvgIpc) is 3.06. The first-order chi connectivity index (χ1) is 14.9. The number of anilines is 1. The van der Waals surface area contributed by atoms with Gasteiger partial charge < -0.3 is 0 Å². The summed E-state index contributed by atoms with van der Waals surface area (Å²) in [4.78, 5) is 20.7. The number of thioether (sulfide) groups is 1. The summed E-state index contributed by atoms with van der Waals surface area (Å²) in [5.41, 5.74) is 6.23. The third kappa shape index (κ3) is 4.49. The Morgan fingerprint density at radius 2 is 1.52 bits per heavy atom. The molecule has 0 radical (unpaired) electrons. The summed E-state index contributed by atoms with van der Waals surface area (Å²) < 4.78 is 0. The molecule has 4 rings (SSSR count). The number of carbonyl (C=O) groups excluding carboxylic acids is 1. The highest BCUT2D eigenvalue weighted by molar-refractivity contribution is 8.19. The molecule has 4 heteroatoms. The Morgan fingerprint density at radius 1 is 0.871 bits per heavy atom. The average molecular weight is 427 g/mol. The van der Waals surface area contributed by atoms with E-state index in [0.29, 0.717) is 16.0 Å². The molecule has 0 bridgehead atoms. The van der Waals surface area contributed by atoms with Gasteiger partial charge in [-0.1, -0.05) is 74.5 Å². The smallest absolute Gasteiger partial charge is 0.268 e. The minimum atomic E-state index is -0.0471. The SMILES string of the molecule is Cc1cccc(C)c1N=C1S/C(=C/c2ccc(C(C)C)cc2)C(=O)N1c1ccccc1. The number of hydrogen-bond donors (Lipinski definition) is 0. The van der Waals surface area contributed by atoms with Crippen LogP contribution >= 0.6 is 11.8 Å². The van der Waals surface area contributed by atoms with Gasteiger partial charge in [-0.15, -0.1) is 0 Å². The quantitative estimate of drug-likeness (QED) is 0.412. The van der Waals surface area contributed by atoms with Gasteiger partial charge in [-0.05, 0) is 72.0 Å². The molecule has 1 fully saturated rings. The minimum absolute atomic E-state index is 0.0471. The summed E-state index contributed by atoms with van der Waals surface area (Å²) in [6, 6.07) is 24.2. The highest BCUT2D eigenvalue weighted by atomic mass is 32.2. The van der Waals surface area contributed by atoms with Crippen LogP contribution in [0, 0.1) is 13.8 Å². The molecular formula is C27H26N2OS. The molecule has 1 saturated heterocycles. The van der Waals surface area contributed by atoms with Crippen LogP contribution in [0.1, 0.15) is 42.0 Å². The molecule has 0 N–H and O–H groups in total. The second-order valence-electron chi connectivity index (χ2n) is 8.04. The lowest BCUT2D eigenvalue weighted by molar-refractivity contribution is -0.113. The van der Waals surface area contributed by atoms with E-state index < -0.39 is 0 Å². The van der Waals surface area contributed by atoms with Crippen LogP contribution in [0.4, 0.5) is 11.4 Å². The van der Waals surface area contributed by atoms with Crippen molar-refractivity contribution in [3.63, 3.8) is 0 Å². The number of hydrogen-bond acceptors (Lipinski definition) is 3. The van der Waals surface area contributed by atoms with Gasteiger partial charge >= 0.3 is 0 Å². The number of rotatable bonds is 4. The lowest BCUT2D eigenvalue weighted by Gasteiger charge is -2.16. The summed E-state index contributed by atoms with van der Waals surface area (Å²) in [5.74, 6) is 0.433. The largest absolute Gasteiger partial charge is 0.271 e. The highest BCUT2D eigenvalue weighted by Gasteiger charge is 2.34. The summed E-state index contributed by atoms with van der Waals surface area (Å²) in [5, 5.41) is 0.679. The molecule has 1 aliphatic rings. The number of benzene rings is 3. The molecule has 0 spiro atoms. The van der Waals surface area contributed by atoms with Crippen molar-refractivity contribution < 1.29 is 4.79 Å². The lowest BCUT2D eigenvalue weighted by Crippen LogP contribution is -2.28. The highest BCUT2D eigenvalue weighted by Crippen LogP contribution is 2.38. The lowest BCUT2D eigenvalue weighted by atomic mass is 10.0. The van der Waals surface area contributed by atoms with E-state index in [2.05, 4.69) is 38.1 Å². The topological polar surface area (TPSA) is 32.7 Å². The molecule has 1 heterocycles. The van der Waals surface area contributed by atoms with E-state index in [9.17, 15) is 4.79 Å². The van der Waals surface area contributed by atoms with E-state index in [1.807, 2.05) is 68.5 Å². The molecule has 0 aliphatic carbocycles. The molecule has 31 heavy (non-hydrogen) atoms. The van der Waals surface area contributed by atoms with Crippen molar-refractivity contribution in [3.8, 4) is 0 Å². The molecule has 1 aliphatic heterocycles. The molecule has 3 aromatic carbocycles. The predicted octanol–water partition coefficient (Wildman–Crippen LogP) is 7.24. The molecular weight excluding hydrogens is 400 g/mol. The summed E-state index contributed by atoms with van der Waals surface area (Å²) >= 11 is 1.43. The fraction of sp³-hybridized carbons (Fsp3) is 0.185. The van der Waals surface area contributed by atoms with Crippen LogP contribution in [0.2, 0.25) is 0 Å². The van der Waals surface area contributed by atoms with Crippen molar-refractivity contribution in [3.05, 3.63) is 100.0 Å². The van der Waals surface area contributed by atoms with Crippen LogP contribution in [0.15, 0.2) is 82.7 Å². The van der Waals surface area contributed by atoms with E-state index in [-0.39, 0.29) is 5.91 Å². The van der Waals surface area contributed by atoms with Gasteiger partial charge in [0, 0.05) is 0 Å². The van der Waals surface area contributed by atoms with Crippen molar-refractivity contribution in [1.29, 1.82) is 0 Å². The summed E-state index contributed by atoms with van der Waals surface area (Å²) in [6.45, 7) is 8.46. The Balaban J connectivity index is 1.77. The zero-order valence-electron chi connectivity index (χ0n) is 18.3. The zero-order chi connectivity index (χ0) is 22.0. The Hall–Kier alpha value is -3.11. The summed E-state index contributed by atoms with van der Waals surface area (Å²) in [6.07, 6.45) is 1.96. The molecule has 156 valence electrons. The standard InChI is InChI=1S/C27H26N2OS/c1-18(2)22-15-13-21(14-16-22)17-24-26(30)29(23-11-6-5-7-12-23)27(31-24)28-25-19(3)9-8-10-20(25)4/h5-18H,1-4H3/b24-17+,28-27?. The van der Waals surface area contributed by atoms with Crippen molar-refractivity contribution >= 4 is 40.3 Å². The van der Waals surface area contributed by atoms with Crippen molar-refractivity contribution in [1.82, 2.24) is 0 Å². The van der Waals surface area contributed by atoms with Gasteiger partial charge in [-0.2, -0.15) is 0 Å². The first-order valence-corrected chi connectivity index (χ1v) is 11.3. The second-order valence-corrected chi connectivity index (χ2v) is 9.05. The van der Waals surface area contributed by atoms with Gasteiger partial charge in [0.2, 0.25) is 0 Å². The van der Waals surface area contributed by atoms with Gasteiger partial charge in [0.05, 0.1) is 16.3 Å².